The normalized spacial score (nSPS) is 10.6. The maximum absolute atomic E-state index is 12.5. The number of hydrogen-bond donors (Lipinski definition) is 0. The van der Waals surface area contributed by atoms with Gasteiger partial charge in [-0.2, -0.15) is 0 Å². The van der Waals surface area contributed by atoms with Gasteiger partial charge in [0, 0.05) is 6.07 Å². The monoisotopic (exact) mass is 168 g/mol. The molecule has 0 amide bonds. The zero-order valence-electron chi connectivity index (χ0n) is 5.37. The van der Waals surface area contributed by atoms with Crippen molar-refractivity contribution in [1.82, 2.24) is 4.98 Å². The van der Waals surface area contributed by atoms with Crippen LogP contribution in [0.15, 0.2) is 27.8 Å². The molecule has 2 rings (SSSR count). The van der Waals surface area contributed by atoms with E-state index in [4.69, 9.17) is 4.42 Å². The van der Waals surface area contributed by atoms with E-state index in [9.17, 15) is 4.39 Å². The standard InChI is InChI=1S/C7H4FNOS/c8-4-1-2-6-5(3-4)9-7(11)10-6/h1-3H,(H,9,11)/p-1. The summed E-state index contributed by atoms with van der Waals surface area (Å²) in [5.74, 6) is -0.333. The molecule has 0 aliphatic rings. The van der Waals surface area contributed by atoms with E-state index in [1.54, 1.807) is 0 Å². The molecule has 1 heterocycles. The predicted octanol–water partition coefficient (Wildman–Crippen LogP) is 1.87. The molecule has 56 valence electrons. The number of aromatic nitrogens is 1. The second-order valence-electron chi connectivity index (χ2n) is 2.09. The molecule has 2 aromatic rings. The number of benzene rings is 1. The number of hydrogen-bond acceptors (Lipinski definition) is 3. The molecule has 4 heteroatoms. The van der Waals surface area contributed by atoms with Crippen molar-refractivity contribution in [2.75, 3.05) is 0 Å². The summed E-state index contributed by atoms with van der Waals surface area (Å²) in [6.07, 6.45) is 0. The topological polar surface area (TPSA) is 26.0 Å². The number of nitrogens with zero attached hydrogens (tertiary/aromatic N) is 1. The number of oxazole rings is 1. The zero-order chi connectivity index (χ0) is 7.84. The first-order chi connectivity index (χ1) is 5.25. The highest BCUT2D eigenvalue weighted by atomic mass is 32.1. The summed E-state index contributed by atoms with van der Waals surface area (Å²) in [6.45, 7) is 0. The molecule has 0 unspecified atom stereocenters. The Balaban J connectivity index is 2.82. The third-order valence-corrected chi connectivity index (χ3v) is 1.50. The minimum Gasteiger partial charge on any atom is -0.721 e. The van der Waals surface area contributed by atoms with Gasteiger partial charge in [0.25, 0.3) is 0 Å². The van der Waals surface area contributed by atoms with E-state index in [0.717, 1.165) is 0 Å². The first kappa shape index (κ1) is 6.54. The maximum Gasteiger partial charge on any atom is 0.152 e. The van der Waals surface area contributed by atoms with Gasteiger partial charge in [0.15, 0.2) is 5.58 Å². The molecule has 0 atom stereocenters. The number of halogens is 1. The molecule has 0 radical (unpaired) electrons. The van der Waals surface area contributed by atoms with Gasteiger partial charge in [-0.05, 0) is 12.1 Å². The van der Waals surface area contributed by atoms with Crippen LogP contribution < -0.4 is 0 Å². The van der Waals surface area contributed by atoms with E-state index in [2.05, 4.69) is 17.6 Å². The van der Waals surface area contributed by atoms with Crippen LogP contribution in [-0.2, 0) is 12.6 Å². The van der Waals surface area contributed by atoms with E-state index in [-0.39, 0.29) is 11.0 Å². The summed E-state index contributed by atoms with van der Waals surface area (Å²) in [5.41, 5.74) is 0.992. The van der Waals surface area contributed by atoms with Crippen LogP contribution in [0.5, 0.6) is 0 Å². The van der Waals surface area contributed by atoms with Crippen LogP contribution in [0.1, 0.15) is 0 Å². The molecule has 0 saturated carbocycles. The van der Waals surface area contributed by atoms with Crippen molar-refractivity contribution < 1.29 is 8.81 Å². The molecular weight excluding hydrogens is 165 g/mol. The second-order valence-corrected chi connectivity index (χ2v) is 2.44. The fourth-order valence-electron chi connectivity index (χ4n) is 0.879. The van der Waals surface area contributed by atoms with Gasteiger partial charge in [-0.3, -0.25) is 0 Å². The maximum atomic E-state index is 12.5. The highest BCUT2D eigenvalue weighted by molar-refractivity contribution is 7.58. The fourth-order valence-corrected chi connectivity index (χ4v) is 1.07. The van der Waals surface area contributed by atoms with Crippen LogP contribution in [0.3, 0.4) is 0 Å². The van der Waals surface area contributed by atoms with Crippen molar-refractivity contribution in [3.05, 3.63) is 24.0 Å². The lowest BCUT2D eigenvalue weighted by atomic mass is 10.3. The lowest BCUT2D eigenvalue weighted by Crippen LogP contribution is -1.72. The van der Waals surface area contributed by atoms with Crippen LogP contribution in [-0.4, -0.2) is 4.98 Å². The Morgan fingerprint density at radius 1 is 1.45 bits per heavy atom. The highest BCUT2D eigenvalue weighted by Crippen LogP contribution is 2.15. The molecule has 0 saturated heterocycles. The van der Waals surface area contributed by atoms with Crippen molar-refractivity contribution in [1.29, 1.82) is 0 Å². The van der Waals surface area contributed by atoms with Gasteiger partial charge in [0.2, 0.25) is 0 Å². The summed E-state index contributed by atoms with van der Waals surface area (Å²) in [4.78, 5) is 3.78. The third kappa shape index (κ3) is 1.05. The van der Waals surface area contributed by atoms with Gasteiger partial charge in [-0.1, -0.05) is 0 Å². The Labute approximate surface area is 67.4 Å². The van der Waals surface area contributed by atoms with Gasteiger partial charge in [-0.15, -0.1) is 0 Å². The van der Waals surface area contributed by atoms with Crippen molar-refractivity contribution in [3.63, 3.8) is 0 Å². The lowest BCUT2D eigenvalue weighted by molar-refractivity contribution is 0.491. The van der Waals surface area contributed by atoms with Crippen LogP contribution in [0.4, 0.5) is 4.39 Å². The van der Waals surface area contributed by atoms with E-state index < -0.39 is 0 Å². The average molecular weight is 168 g/mol. The van der Waals surface area contributed by atoms with Crippen LogP contribution >= 0.6 is 0 Å². The Hall–Kier alpha value is -1.16. The zero-order valence-corrected chi connectivity index (χ0v) is 6.19. The fraction of sp³-hybridized carbons (Fsp3) is 0. The quantitative estimate of drug-likeness (QED) is 0.562. The van der Waals surface area contributed by atoms with Gasteiger partial charge < -0.3 is 17.0 Å². The molecule has 1 aromatic carbocycles. The molecule has 0 fully saturated rings. The first-order valence-corrected chi connectivity index (χ1v) is 3.39. The van der Waals surface area contributed by atoms with Crippen molar-refractivity contribution in [2.45, 2.75) is 5.22 Å². The second kappa shape index (κ2) is 2.17. The summed E-state index contributed by atoms with van der Waals surface area (Å²) in [6, 6.07) is 4.10. The minimum atomic E-state index is -0.333. The molecule has 11 heavy (non-hydrogen) atoms. The Bertz CT molecular complexity index is 398. The number of rotatable bonds is 0. The van der Waals surface area contributed by atoms with Gasteiger partial charge in [0.1, 0.15) is 11.3 Å². The van der Waals surface area contributed by atoms with Gasteiger partial charge >= 0.3 is 0 Å². The molecule has 0 spiro atoms. The molecule has 2 nitrogen and oxygen atoms in total. The van der Waals surface area contributed by atoms with Crippen molar-refractivity contribution in [3.8, 4) is 0 Å². The lowest BCUT2D eigenvalue weighted by Gasteiger charge is -1.88. The molecule has 0 aliphatic carbocycles. The van der Waals surface area contributed by atoms with Crippen molar-refractivity contribution in [2.24, 2.45) is 0 Å². The molecule has 0 N–H and O–H groups in total. The Morgan fingerprint density at radius 2 is 2.27 bits per heavy atom. The summed E-state index contributed by atoms with van der Waals surface area (Å²) in [7, 11) is 0. The highest BCUT2D eigenvalue weighted by Gasteiger charge is 1.98. The third-order valence-electron chi connectivity index (χ3n) is 1.33. The van der Waals surface area contributed by atoms with E-state index in [1.165, 1.54) is 18.2 Å². The summed E-state index contributed by atoms with van der Waals surface area (Å²) < 4.78 is 17.5. The van der Waals surface area contributed by atoms with E-state index in [0.29, 0.717) is 11.1 Å². The Kier molecular flexibility index (Phi) is 1.29. The first-order valence-electron chi connectivity index (χ1n) is 2.99. The smallest absolute Gasteiger partial charge is 0.152 e. The largest absolute Gasteiger partial charge is 0.721 e. The van der Waals surface area contributed by atoms with Gasteiger partial charge in [0.05, 0.1) is 5.22 Å². The van der Waals surface area contributed by atoms with E-state index in [1.807, 2.05) is 0 Å². The van der Waals surface area contributed by atoms with E-state index >= 15 is 0 Å². The predicted molar refractivity (Wildman–Crippen MR) is 39.6 cm³/mol. The summed E-state index contributed by atoms with van der Waals surface area (Å²) in [5, 5.41) is 0.144. The average Bonchev–Trinajstić information content (AvgIpc) is 2.27. The Morgan fingerprint density at radius 3 is 3.09 bits per heavy atom. The van der Waals surface area contributed by atoms with Crippen molar-refractivity contribution >= 4 is 23.7 Å². The SMILES string of the molecule is Fc1ccc2oc([S-])nc2c1. The molecule has 0 aliphatic heterocycles. The number of fused-ring (bicyclic) bond motifs is 1. The van der Waals surface area contributed by atoms with Crippen LogP contribution in [0.25, 0.3) is 11.1 Å². The molecule has 0 bridgehead atoms. The van der Waals surface area contributed by atoms with Gasteiger partial charge in [-0.25, -0.2) is 9.37 Å². The molecule has 1 aromatic heterocycles. The van der Waals surface area contributed by atoms with Crippen LogP contribution in [0.2, 0.25) is 0 Å². The van der Waals surface area contributed by atoms with Crippen LogP contribution in [0, 0.1) is 5.82 Å². The minimum absolute atomic E-state index is 0.144. The molecular formula is C7H3FNOS-. The summed E-state index contributed by atoms with van der Waals surface area (Å²) >= 11 is 4.66.